The second-order valence-electron chi connectivity index (χ2n) is 5.87. The molecular formula is C16H24IN3O. The maximum Gasteiger partial charge on any atom is 0.191 e. The molecule has 2 N–H and O–H groups in total. The molecule has 116 valence electrons. The first-order valence-electron chi connectivity index (χ1n) is 7.46. The van der Waals surface area contributed by atoms with Crippen molar-refractivity contribution in [1.29, 1.82) is 0 Å². The highest BCUT2D eigenvalue weighted by molar-refractivity contribution is 14.0. The summed E-state index contributed by atoms with van der Waals surface area (Å²) in [4.78, 5) is 6.83. The van der Waals surface area contributed by atoms with Crippen LogP contribution in [0.5, 0.6) is 0 Å². The standard InChI is InChI=1S/C16H23N3O.HI/c1-12-11-19(7-8-20-12)16(17)18-15-10-14(15)9-13-5-3-2-4-6-13;/h2-6,12,14-15H,7-11H2,1H3,(H2,17,18);1H. The SMILES string of the molecule is CC1CN(C(N)=NC2CC2Cc2ccccc2)CCO1.I. The molecule has 0 aromatic heterocycles. The molecule has 0 amide bonds. The van der Waals surface area contributed by atoms with Gasteiger partial charge in [-0.2, -0.15) is 0 Å². The highest BCUT2D eigenvalue weighted by Gasteiger charge is 2.37. The van der Waals surface area contributed by atoms with Crippen molar-refractivity contribution in [3.63, 3.8) is 0 Å². The number of morpholine rings is 1. The van der Waals surface area contributed by atoms with Gasteiger partial charge in [-0.1, -0.05) is 30.3 Å². The molecule has 0 radical (unpaired) electrons. The second-order valence-corrected chi connectivity index (χ2v) is 5.87. The van der Waals surface area contributed by atoms with Gasteiger partial charge >= 0.3 is 0 Å². The second kappa shape index (κ2) is 7.45. The molecule has 1 heterocycles. The van der Waals surface area contributed by atoms with Gasteiger partial charge < -0.3 is 15.4 Å². The fourth-order valence-electron chi connectivity index (χ4n) is 2.80. The predicted octanol–water partition coefficient (Wildman–Crippen LogP) is 2.27. The number of hydrogen-bond donors (Lipinski definition) is 1. The lowest BCUT2D eigenvalue weighted by molar-refractivity contribution is 0.00527. The van der Waals surface area contributed by atoms with Crippen LogP contribution in [0.1, 0.15) is 18.9 Å². The fourth-order valence-corrected chi connectivity index (χ4v) is 2.80. The largest absolute Gasteiger partial charge is 0.375 e. The lowest BCUT2D eigenvalue weighted by atomic mass is 10.1. The van der Waals surface area contributed by atoms with Crippen LogP contribution in [0.4, 0.5) is 0 Å². The van der Waals surface area contributed by atoms with Gasteiger partial charge in [-0.3, -0.25) is 0 Å². The van der Waals surface area contributed by atoms with Gasteiger partial charge in [-0.25, -0.2) is 4.99 Å². The molecule has 2 aliphatic rings. The van der Waals surface area contributed by atoms with Crippen LogP contribution in [0.15, 0.2) is 35.3 Å². The molecular weight excluding hydrogens is 377 g/mol. The zero-order valence-corrected chi connectivity index (χ0v) is 14.8. The van der Waals surface area contributed by atoms with E-state index in [1.165, 1.54) is 5.56 Å². The number of guanidine groups is 1. The summed E-state index contributed by atoms with van der Waals surface area (Å²) in [6, 6.07) is 11.0. The van der Waals surface area contributed by atoms with Crippen LogP contribution in [-0.2, 0) is 11.2 Å². The molecule has 1 aromatic rings. The number of nitrogens with two attached hydrogens (primary N) is 1. The Bertz CT molecular complexity index is 480. The van der Waals surface area contributed by atoms with Crippen molar-refractivity contribution in [3.8, 4) is 0 Å². The number of benzene rings is 1. The fraction of sp³-hybridized carbons (Fsp3) is 0.562. The first kappa shape index (κ1) is 16.5. The Labute approximate surface area is 143 Å². The Balaban J connectivity index is 0.00000161. The van der Waals surface area contributed by atoms with Crippen LogP contribution >= 0.6 is 24.0 Å². The first-order chi connectivity index (χ1) is 9.72. The molecule has 3 atom stereocenters. The van der Waals surface area contributed by atoms with Crippen molar-refractivity contribution in [1.82, 2.24) is 4.90 Å². The minimum Gasteiger partial charge on any atom is -0.375 e. The van der Waals surface area contributed by atoms with Gasteiger partial charge in [0.2, 0.25) is 0 Å². The Kier molecular flexibility index (Phi) is 5.87. The van der Waals surface area contributed by atoms with Crippen LogP contribution in [0.3, 0.4) is 0 Å². The maximum atomic E-state index is 6.13. The lowest BCUT2D eigenvalue weighted by Crippen LogP contribution is -2.48. The Morgan fingerprint density at radius 1 is 1.38 bits per heavy atom. The molecule has 1 aromatic carbocycles. The zero-order chi connectivity index (χ0) is 13.9. The van der Waals surface area contributed by atoms with Crippen LogP contribution in [0.25, 0.3) is 0 Å². The van der Waals surface area contributed by atoms with Crippen molar-refractivity contribution in [2.24, 2.45) is 16.6 Å². The minimum atomic E-state index is 0. The van der Waals surface area contributed by atoms with Crippen molar-refractivity contribution in [2.75, 3.05) is 19.7 Å². The molecule has 0 spiro atoms. The average Bonchev–Trinajstić information content (AvgIpc) is 3.17. The maximum absolute atomic E-state index is 6.13. The first-order valence-corrected chi connectivity index (χ1v) is 7.46. The number of ether oxygens (including phenoxy) is 1. The van der Waals surface area contributed by atoms with Crippen molar-refractivity contribution in [3.05, 3.63) is 35.9 Å². The lowest BCUT2D eigenvalue weighted by Gasteiger charge is -2.31. The summed E-state index contributed by atoms with van der Waals surface area (Å²) >= 11 is 0. The van der Waals surface area contributed by atoms with E-state index in [-0.39, 0.29) is 30.1 Å². The summed E-state index contributed by atoms with van der Waals surface area (Å²) < 4.78 is 5.53. The molecule has 1 saturated heterocycles. The highest BCUT2D eigenvalue weighted by atomic mass is 127. The highest BCUT2D eigenvalue weighted by Crippen LogP contribution is 2.36. The van der Waals surface area contributed by atoms with E-state index in [1.54, 1.807) is 0 Å². The molecule has 0 bridgehead atoms. The van der Waals surface area contributed by atoms with Crippen molar-refractivity contribution < 1.29 is 4.74 Å². The predicted molar refractivity (Wildman–Crippen MR) is 96.1 cm³/mol. The number of nitrogens with zero attached hydrogens (tertiary/aromatic N) is 2. The van der Waals surface area contributed by atoms with Crippen molar-refractivity contribution in [2.45, 2.75) is 31.9 Å². The summed E-state index contributed by atoms with van der Waals surface area (Å²) in [6.07, 6.45) is 2.52. The quantitative estimate of drug-likeness (QED) is 0.481. The molecule has 1 saturated carbocycles. The Hall–Kier alpha value is -0.820. The topological polar surface area (TPSA) is 50.8 Å². The van der Waals surface area contributed by atoms with Gasteiger partial charge in [-0.05, 0) is 31.2 Å². The van der Waals surface area contributed by atoms with E-state index >= 15 is 0 Å². The molecule has 3 rings (SSSR count). The van der Waals surface area contributed by atoms with Crippen LogP contribution < -0.4 is 5.73 Å². The minimum absolute atomic E-state index is 0. The zero-order valence-electron chi connectivity index (χ0n) is 12.4. The van der Waals surface area contributed by atoms with E-state index in [0.717, 1.165) is 32.5 Å². The van der Waals surface area contributed by atoms with E-state index < -0.39 is 0 Å². The van der Waals surface area contributed by atoms with Gasteiger partial charge in [0.1, 0.15) is 0 Å². The Morgan fingerprint density at radius 2 is 2.14 bits per heavy atom. The third-order valence-electron chi connectivity index (χ3n) is 4.09. The number of aliphatic imine (C=N–C) groups is 1. The molecule has 21 heavy (non-hydrogen) atoms. The third-order valence-corrected chi connectivity index (χ3v) is 4.09. The molecule has 1 aliphatic carbocycles. The van der Waals surface area contributed by atoms with Crippen LogP contribution in [0, 0.1) is 5.92 Å². The molecule has 4 nitrogen and oxygen atoms in total. The Morgan fingerprint density at radius 3 is 2.86 bits per heavy atom. The van der Waals surface area contributed by atoms with Crippen LogP contribution in [-0.4, -0.2) is 42.7 Å². The summed E-state index contributed by atoms with van der Waals surface area (Å²) in [5, 5.41) is 0. The number of hydrogen-bond acceptors (Lipinski definition) is 2. The summed E-state index contributed by atoms with van der Waals surface area (Å²) in [5.41, 5.74) is 7.52. The van der Waals surface area contributed by atoms with E-state index in [1.807, 2.05) is 0 Å². The van der Waals surface area contributed by atoms with Gasteiger partial charge in [0.15, 0.2) is 5.96 Å². The summed E-state index contributed by atoms with van der Waals surface area (Å²) in [7, 11) is 0. The summed E-state index contributed by atoms with van der Waals surface area (Å²) in [6.45, 7) is 4.53. The average molecular weight is 401 g/mol. The molecule has 2 fully saturated rings. The number of rotatable bonds is 3. The van der Waals surface area contributed by atoms with E-state index in [4.69, 9.17) is 10.5 Å². The molecule has 5 heteroatoms. The van der Waals surface area contributed by atoms with E-state index in [0.29, 0.717) is 17.9 Å². The van der Waals surface area contributed by atoms with Crippen LogP contribution in [0.2, 0.25) is 0 Å². The van der Waals surface area contributed by atoms with Gasteiger partial charge in [0, 0.05) is 13.1 Å². The monoisotopic (exact) mass is 401 g/mol. The summed E-state index contributed by atoms with van der Waals surface area (Å²) in [5.74, 6) is 1.36. The van der Waals surface area contributed by atoms with Gasteiger partial charge in [-0.15, -0.1) is 24.0 Å². The van der Waals surface area contributed by atoms with Crippen molar-refractivity contribution >= 4 is 29.9 Å². The van der Waals surface area contributed by atoms with Gasteiger partial charge in [0.05, 0.1) is 18.8 Å². The van der Waals surface area contributed by atoms with Gasteiger partial charge in [0.25, 0.3) is 0 Å². The van der Waals surface area contributed by atoms with E-state index in [2.05, 4.69) is 47.1 Å². The normalized spacial score (nSPS) is 28.9. The molecule has 3 unspecified atom stereocenters. The van der Waals surface area contributed by atoms with E-state index in [9.17, 15) is 0 Å². The molecule has 1 aliphatic heterocycles. The number of halogens is 1. The third kappa shape index (κ3) is 4.57. The smallest absolute Gasteiger partial charge is 0.191 e.